The molecule has 0 radical (unpaired) electrons. The highest BCUT2D eigenvalue weighted by atomic mass is 19.4. The number of aromatic nitrogens is 1. The highest BCUT2D eigenvalue weighted by molar-refractivity contribution is 5.95. The molecule has 0 spiro atoms. The maximum atomic E-state index is 13.6. The van der Waals surface area contributed by atoms with Gasteiger partial charge in [-0.15, -0.1) is 0 Å². The summed E-state index contributed by atoms with van der Waals surface area (Å²) in [6.45, 7) is 2.57. The van der Waals surface area contributed by atoms with Crippen LogP contribution in [0.3, 0.4) is 0 Å². The molecule has 3 aromatic rings. The van der Waals surface area contributed by atoms with E-state index in [4.69, 9.17) is 9.47 Å². The van der Waals surface area contributed by atoms with Crippen LogP contribution in [0.25, 0.3) is 10.9 Å². The normalized spacial score (nSPS) is 19.4. The van der Waals surface area contributed by atoms with Crippen molar-refractivity contribution in [3.8, 4) is 17.6 Å². The Morgan fingerprint density at radius 2 is 1.84 bits per heavy atom. The molecule has 2 fully saturated rings. The second-order valence-corrected chi connectivity index (χ2v) is 10.9. The molecule has 1 saturated heterocycles. The first-order valence-corrected chi connectivity index (χ1v) is 14.7. The Kier molecular flexibility index (Phi) is 9.68. The second kappa shape index (κ2) is 13.6. The molecule has 1 saturated carbocycles. The average Bonchev–Trinajstić information content (AvgIpc) is 3.36. The summed E-state index contributed by atoms with van der Waals surface area (Å²) in [4.78, 5) is 14.4. The van der Waals surface area contributed by atoms with Crippen LogP contribution in [0, 0.1) is 11.8 Å². The number of nitrogens with one attached hydrogen (secondary N) is 3. The second-order valence-electron chi connectivity index (χ2n) is 10.9. The van der Waals surface area contributed by atoms with E-state index in [1.807, 2.05) is 6.07 Å². The smallest absolute Gasteiger partial charge is 0.406 e. The minimum atomic E-state index is -4.40. The first-order chi connectivity index (χ1) is 20.8. The van der Waals surface area contributed by atoms with Gasteiger partial charge in [-0.05, 0) is 68.0 Å². The molecule has 1 aliphatic carbocycles. The van der Waals surface area contributed by atoms with E-state index in [1.54, 1.807) is 43.4 Å². The van der Waals surface area contributed by atoms with E-state index in [-0.39, 0.29) is 18.5 Å². The highest BCUT2D eigenvalue weighted by Gasteiger charge is 2.31. The minimum Gasteiger partial charge on any atom is -0.495 e. The lowest BCUT2D eigenvalue weighted by atomic mass is 9.89. The molecule has 230 valence electrons. The third-order valence-corrected chi connectivity index (χ3v) is 8.18. The maximum absolute atomic E-state index is 13.6. The summed E-state index contributed by atoms with van der Waals surface area (Å²) in [5.74, 6) is 6.13. The number of rotatable bonds is 8. The molecule has 5 rings (SSSR count). The number of morpholine rings is 1. The maximum Gasteiger partial charge on any atom is 0.406 e. The first kappa shape index (κ1) is 30.6. The number of nitrogens with zero attached hydrogens (tertiary/aromatic N) is 2. The summed E-state index contributed by atoms with van der Waals surface area (Å²) in [6.07, 6.45) is -0.208. The number of carbonyl (C=O) groups excluding carboxylic acids is 1. The molecule has 1 amide bonds. The van der Waals surface area contributed by atoms with Crippen molar-refractivity contribution in [2.45, 2.75) is 50.5 Å². The van der Waals surface area contributed by atoms with E-state index in [1.165, 1.54) is 11.7 Å². The Morgan fingerprint density at radius 1 is 1.07 bits per heavy atom. The quantitative estimate of drug-likeness (QED) is 0.314. The van der Waals surface area contributed by atoms with E-state index >= 15 is 0 Å². The molecule has 3 N–H and O–H groups in total. The van der Waals surface area contributed by atoms with Crippen LogP contribution in [0.1, 0.15) is 41.7 Å². The lowest BCUT2D eigenvalue weighted by molar-refractivity contribution is -0.140. The first-order valence-electron chi connectivity index (χ1n) is 14.7. The zero-order valence-electron chi connectivity index (χ0n) is 24.5. The molecule has 2 aliphatic rings. The number of halogens is 3. The van der Waals surface area contributed by atoms with Crippen molar-refractivity contribution in [2.75, 3.05) is 57.6 Å². The average molecular weight is 598 g/mol. The summed E-state index contributed by atoms with van der Waals surface area (Å²) in [5.41, 5.74) is 2.68. The molecular formula is C32H38F3N5O3. The van der Waals surface area contributed by atoms with Crippen LogP contribution in [0.15, 0.2) is 42.5 Å². The summed E-state index contributed by atoms with van der Waals surface area (Å²) >= 11 is 0. The Balaban J connectivity index is 1.32. The van der Waals surface area contributed by atoms with Gasteiger partial charge in [0.25, 0.3) is 5.91 Å². The van der Waals surface area contributed by atoms with Crippen molar-refractivity contribution in [3.05, 3.63) is 53.7 Å². The fourth-order valence-electron chi connectivity index (χ4n) is 6.01. The van der Waals surface area contributed by atoms with Crippen LogP contribution >= 0.6 is 0 Å². The van der Waals surface area contributed by atoms with Crippen LogP contribution in [0.4, 0.5) is 24.5 Å². The number of methoxy groups -OCH3 is 1. The van der Waals surface area contributed by atoms with E-state index < -0.39 is 12.7 Å². The Morgan fingerprint density at radius 3 is 2.53 bits per heavy atom. The molecule has 8 nitrogen and oxygen atoms in total. The third kappa shape index (κ3) is 7.56. The van der Waals surface area contributed by atoms with Crippen molar-refractivity contribution >= 4 is 28.2 Å². The summed E-state index contributed by atoms with van der Waals surface area (Å²) in [6, 6.07) is 13.0. The molecule has 1 aliphatic heterocycles. The summed E-state index contributed by atoms with van der Waals surface area (Å²) < 4.78 is 53.1. The van der Waals surface area contributed by atoms with Crippen LogP contribution in [-0.4, -0.2) is 80.6 Å². The van der Waals surface area contributed by atoms with Crippen molar-refractivity contribution < 1.29 is 27.4 Å². The molecule has 11 heteroatoms. The topological polar surface area (TPSA) is 79.8 Å². The largest absolute Gasteiger partial charge is 0.495 e. The van der Waals surface area contributed by atoms with Gasteiger partial charge in [-0.2, -0.15) is 13.2 Å². The zero-order valence-corrected chi connectivity index (χ0v) is 24.5. The summed E-state index contributed by atoms with van der Waals surface area (Å²) in [7, 11) is 3.04. The Hall–Kier alpha value is -3.88. The predicted molar refractivity (Wildman–Crippen MR) is 162 cm³/mol. The van der Waals surface area contributed by atoms with E-state index in [9.17, 15) is 18.0 Å². The van der Waals surface area contributed by atoms with E-state index in [0.29, 0.717) is 34.3 Å². The molecule has 0 unspecified atom stereocenters. The number of benzene rings is 2. The number of amides is 1. The van der Waals surface area contributed by atoms with Crippen LogP contribution in [-0.2, 0) is 11.3 Å². The van der Waals surface area contributed by atoms with Crippen LogP contribution in [0.5, 0.6) is 5.75 Å². The number of ether oxygens (including phenoxy) is 2. The van der Waals surface area contributed by atoms with Crippen molar-refractivity contribution in [1.29, 1.82) is 0 Å². The van der Waals surface area contributed by atoms with Gasteiger partial charge in [-0.3, -0.25) is 9.69 Å². The van der Waals surface area contributed by atoms with Crippen LogP contribution in [0.2, 0.25) is 0 Å². The van der Waals surface area contributed by atoms with Gasteiger partial charge in [0.15, 0.2) is 0 Å². The molecular weight excluding hydrogens is 559 g/mol. The number of hydrogen-bond acceptors (Lipinski definition) is 6. The Bertz CT molecular complexity index is 1480. The number of hydrogen-bond donors (Lipinski definition) is 3. The molecule has 43 heavy (non-hydrogen) atoms. The van der Waals surface area contributed by atoms with Crippen molar-refractivity contribution in [1.82, 2.24) is 14.8 Å². The summed E-state index contributed by atoms with van der Waals surface area (Å²) in [5, 5.41) is 10.0. The number of anilines is 2. The standard InChI is InChI=1S/C32H38F3N5O3/c1-36-31(41)22-8-13-28(30(19-22)42-2)37-14-4-5-25-20-26-27(6-3-7-29(26)40(25)21-32(33,34)35)38-23-9-11-24(12-10-23)39-15-17-43-18-16-39/h3,6-8,13,19-20,23-24,37-38H,9-12,14-18,21H2,1-2H3,(H,36,41)/t23-,24-. The van der Waals surface area contributed by atoms with Gasteiger partial charge in [0.1, 0.15) is 12.3 Å². The minimum absolute atomic E-state index is 0.167. The highest BCUT2D eigenvalue weighted by Crippen LogP contribution is 2.33. The van der Waals surface area contributed by atoms with Gasteiger partial charge < -0.3 is 30.0 Å². The SMILES string of the molecule is CNC(=O)c1ccc(NCC#Cc2cc3c(N[C@H]4CC[C@H](N5CCOCC5)CC4)cccc3n2CC(F)(F)F)c(OC)c1. The Labute approximate surface area is 249 Å². The molecule has 1 aromatic heterocycles. The monoisotopic (exact) mass is 597 g/mol. The van der Waals surface area contributed by atoms with Gasteiger partial charge in [-0.25, -0.2) is 0 Å². The van der Waals surface area contributed by atoms with Gasteiger partial charge >= 0.3 is 6.18 Å². The van der Waals surface area contributed by atoms with E-state index in [0.717, 1.165) is 63.1 Å². The van der Waals surface area contributed by atoms with Crippen LogP contribution < -0.4 is 20.7 Å². The third-order valence-electron chi connectivity index (χ3n) is 8.18. The van der Waals surface area contributed by atoms with Crippen molar-refractivity contribution in [2.24, 2.45) is 0 Å². The van der Waals surface area contributed by atoms with Gasteiger partial charge in [0.05, 0.1) is 43.8 Å². The fraction of sp³-hybridized carbons (Fsp3) is 0.469. The predicted octanol–water partition coefficient (Wildman–Crippen LogP) is 5.09. The number of fused-ring (bicyclic) bond motifs is 1. The fourth-order valence-corrected chi connectivity index (χ4v) is 6.01. The lowest BCUT2D eigenvalue weighted by Gasteiger charge is -2.39. The zero-order chi connectivity index (χ0) is 30.4. The number of carbonyl (C=O) groups is 1. The molecule has 0 bridgehead atoms. The van der Waals surface area contributed by atoms with Gasteiger partial charge in [0, 0.05) is 48.9 Å². The van der Waals surface area contributed by atoms with Gasteiger partial charge in [-0.1, -0.05) is 12.0 Å². The van der Waals surface area contributed by atoms with Crippen molar-refractivity contribution in [3.63, 3.8) is 0 Å². The van der Waals surface area contributed by atoms with E-state index in [2.05, 4.69) is 32.7 Å². The number of alkyl halides is 3. The molecule has 2 heterocycles. The lowest BCUT2D eigenvalue weighted by Crippen LogP contribution is -2.46. The molecule has 2 aromatic carbocycles. The molecule has 0 atom stereocenters. The van der Waals surface area contributed by atoms with Gasteiger partial charge in [0.2, 0.25) is 0 Å².